The summed E-state index contributed by atoms with van der Waals surface area (Å²) in [5, 5.41) is 20.8. The lowest BCUT2D eigenvalue weighted by Gasteiger charge is -2.29. The zero-order valence-electron chi connectivity index (χ0n) is 12.0. The summed E-state index contributed by atoms with van der Waals surface area (Å²) >= 11 is 0. The molecule has 0 aromatic heterocycles. The molecule has 1 heterocycles. The Kier molecular flexibility index (Phi) is 5.15. The van der Waals surface area contributed by atoms with Crippen LogP contribution in [-0.2, 0) is 9.59 Å². The Hall–Kier alpha value is -2.81. The number of nitriles is 1. The number of carboxylic acids is 1. The number of carbonyl (C=O) groups is 2. The molecule has 1 amide bonds. The normalized spacial score (nSPS) is 16.0. The minimum Gasteiger partial charge on any atom is -0.481 e. The second-order valence-electron chi connectivity index (χ2n) is 5.12. The molecule has 0 spiro atoms. The molecule has 22 heavy (non-hydrogen) atoms. The maximum Gasteiger partial charge on any atom is 0.306 e. The molecular formula is C16H17N3O3. The first kappa shape index (κ1) is 15.6. The van der Waals surface area contributed by atoms with E-state index < -0.39 is 11.9 Å². The zero-order chi connectivity index (χ0) is 15.9. The third kappa shape index (κ3) is 4.09. The van der Waals surface area contributed by atoms with Crippen molar-refractivity contribution >= 4 is 17.6 Å². The topological polar surface area (TPSA) is 93.4 Å². The predicted molar refractivity (Wildman–Crippen MR) is 80.7 cm³/mol. The fourth-order valence-corrected chi connectivity index (χ4v) is 2.32. The number of likely N-dealkylation sites (tertiary alicyclic amines) is 1. The predicted octanol–water partition coefficient (Wildman–Crippen LogP) is 1.83. The number of carbonyl (C=O) groups excluding carboxylic acids is 1. The molecule has 114 valence electrons. The number of carboxylic acid groups (broad SMARTS) is 1. The molecule has 2 N–H and O–H groups in total. The SMILES string of the molecule is N#C/C(=C\N1CCC(C(=O)O)CC1)C(=O)Nc1ccccc1. The van der Waals surface area contributed by atoms with E-state index in [1.165, 1.54) is 6.20 Å². The average Bonchev–Trinajstić information content (AvgIpc) is 2.53. The van der Waals surface area contributed by atoms with Gasteiger partial charge in [0.2, 0.25) is 0 Å². The Labute approximate surface area is 128 Å². The highest BCUT2D eigenvalue weighted by Crippen LogP contribution is 2.18. The van der Waals surface area contributed by atoms with Crippen LogP contribution in [0.4, 0.5) is 5.69 Å². The number of anilines is 1. The first-order valence-electron chi connectivity index (χ1n) is 7.05. The summed E-state index contributed by atoms with van der Waals surface area (Å²) in [6, 6.07) is 10.8. The quantitative estimate of drug-likeness (QED) is 0.653. The second-order valence-corrected chi connectivity index (χ2v) is 5.12. The number of hydrogen-bond acceptors (Lipinski definition) is 4. The van der Waals surface area contributed by atoms with Crippen LogP contribution in [0.5, 0.6) is 0 Å². The number of nitrogens with one attached hydrogen (secondary N) is 1. The summed E-state index contributed by atoms with van der Waals surface area (Å²) in [4.78, 5) is 24.8. The summed E-state index contributed by atoms with van der Waals surface area (Å²) in [5.74, 6) is -1.59. The summed E-state index contributed by atoms with van der Waals surface area (Å²) in [6.07, 6.45) is 2.55. The number of benzene rings is 1. The Morgan fingerprint density at radius 3 is 2.45 bits per heavy atom. The van der Waals surface area contributed by atoms with Gasteiger partial charge in [-0.15, -0.1) is 0 Å². The van der Waals surface area contributed by atoms with Crippen LogP contribution in [0.2, 0.25) is 0 Å². The van der Waals surface area contributed by atoms with Crippen LogP contribution >= 0.6 is 0 Å². The van der Waals surface area contributed by atoms with Crippen LogP contribution < -0.4 is 5.32 Å². The Morgan fingerprint density at radius 1 is 1.27 bits per heavy atom. The minimum atomic E-state index is -0.786. The lowest BCUT2D eigenvalue weighted by molar-refractivity contribution is -0.143. The Bertz CT molecular complexity index is 611. The van der Waals surface area contributed by atoms with E-state index in [9.17, 15) is 9.59 Å². The molecule has 0 aliphatic carbocycles. The van der Waals surface area contributed by atoms with E-state index in [0.29, 0.717) is 31.6 Å². The van der Waals surface area contributed by atoms with E-state index >= 15 is 0 Å². The van der Waals surface area contributed by atoms with E-state index in [4.69, 9.17) is 10.4 Å². The molecular weight excluding hydrogens is 282 g/mol. The molecule has 1 aromatic rings. The lowest BCUT2D eigenvalue weighted by Crippen LogP contribution is -2.33. The summed E-state index contributed by atoms with van der Waals surface area (Å²) < 4.78 is 0. The van der Waals surface area contributed by atoms with Gasteiger partial charge in [0.05, 0.1) is 5.92 Å². The second kappa shape index (κ2) is 7.27. The van der Waals surface area contributed by atoms with Crippen molar-refractivity contribution in [2.45, 2.75) is 12.8 Å². The molecule has 2 rings (SSSR count). The van der Waals surface area contributed by atoms with Crippen molar-refractivity contribution in [1.82, 2.24) is 4.90 Å². The largest absolute Gasteiger partial charge is 0.481 e. The molecule has 1 aliphatic heterocycles. The molecule has 1 aliphatic rings. The van der Waals surface area contributed by atoms with Gasteiger partial charge >= 0.3 is 5.97 Å². The molecule has 0 radical (unpaired) electrons. The smallest absolute Gasteiger partial charge is 0.306 e. The van der Waals surface area contributed by atoms with Crippen molar-refractivity contribution < 1.29 is 14.7 Å². The number of rotatable bonds is 4. The van der Waals surface area contributed by atoms with E-state index in [2.05, 4.69) is 5.32 Å². The minimum absolute atomic E-state index is 0.0117. The van der Waals surface area contributed by atoms with Crippen molar-refractivity contribution in [2.24, 2.45) is 5.92 Å². The number of aliphatic carboxylic acids is 1. The highest BCUT2D eigenvalue weighted by atomic mass is 16.4. The molecule has 0 saturated carbocycles. The van der Waals surface area contributed by atoms with Gasteiger partial charge in [0, 0.05) is 25.0 Å². The molecule has 6 nitrogen and oxygen atoms in total. The lowest BCUT2D eigenvalue weighted by atomic mass is 9.97. The standard InChI is InChI=1S/C16H17N3O3/c17-10-13(15(20)18-14-4-2-1-3-5-14)11-19-8-6-12(7-9-19)16(21)22/h1-5,11-12H,6-9H2,(H,18,20)(H,21,22)/b13-11+. The molecule has 0 atom stereocenters. The fraction of sp³-hybridized carbons (Fsp3) is 0.312. The Balaban J connectivity index is 1.98. The monoisotopic (exact) mass is 299 g/mol. The van der Waals surface area contributed by atoms with Crippen molar-refractivity contribution in [1.29, 1.82) is 5.26 Å². The fourth-order valence-electron chi connectivity index (χ4n) is 2.32. The highest BCUT2D eigenvalue weighted by Gasteiger charge is 2.24. The van der Waals surface area contributed by atoms with Crippen LogP contribution in [0.3, 0.4) is 0 Å². The van der Waals surface area contributed by atoms with E-state index in [1.54, 1.807) is 24.3 Å². The summed E-state index contributed by atoms with van der Waals surface area (Å²) in [5.41, 5.74) is 0.635. The van der Waals surface area contributed by atoms with Crippen LogP contribution in [0, 0.1) is 17.2 Å². The van der Waals surface area contributed by atoms with Gasteiger partial charge in [-0.2, -0.15) is 5.26 Å². The van der Waals surface area contributed by atoms with Gasteiger partial charge in [-0.25, -0.2) is 0 Å². The molecule has 1 fully saturated rings. The third-order valence-electron chi connectivity index (χ3n) is 3.59. The number of para-hydroxylation sites is 1. The molecule has 0 unspecified atom stereocenters. The highest BCUT2D eigenvalue weighted by molar-refractivity contribution is 6.06. The summed E-state index contributed by atoms with van der Waals surface area (Å²) in [6.45, 7) is 1.06. The van der Waals surface area contributed by atoms with Crippen LogP contribution in [0.1, 0.15) is 12.8 Å². The molecule has 1 aromatic carbocycles. The van der Waals surface area contributed by atoms with E-state index in [-0.39, 0.29) is 11.5 Å². The van der Waals surface area contributed by atoms with Gasteiger partial charge in [0.15, 0.2) is 0 Å². The molecule has 0 bridgehead atoms. The van der Waals surface area contributed by atoms with Gasteiger partial charge < -0.3 is 15.3 Å². The van der Waals surface area contributed by atoms with Crippen molar-refractivity contribution in [3.63, 3.8) is 0 Å². The van der Waals surface area contributed by atoms with Gasteiger partial charge in [0.1, 0.15) is 11.6 Å². The zero-order valence-corrected chi connectivity index (χ0v) is 12.0. The maximum absolute atomic E-state index is 12.1. The van der Waals surface area contributed by atoms with Crippen molar-refractivity contribution in [3.8, 4) is 6.07 Å². The Morgan fingerprint density at radius 2 is 1.91 bits per heavy atom. The number of amides is 1. The third-order valence-corrected chi connectivity index (χ3v) is 3.59. The van der Waals surface area contributed by atoms with E-state index in [0.717, 1.165) is 0 Å². The number of nitrogens with zero attached hydrogens (tertiary/aromatic N) is 2. The van der Waals surface area contributed by atoms with Crippen LogP contribution in [0.25, 0.3) is 0 Å². The summed E-state index contributed by atoms with van der Waals surface area (Å²) in [7, 11) is 0. The maximum atomic E-state index is 12.1. The first-order chi connectivity index (χ1) is 10.6. The van der Waals surface area contributed by atoms with Crippen molar-refractivity contribution in [3.05, 3.63) is 42.1 Å². The number of hydrogen-bond donors (Lipinski definition) is 2. The van der Waals surface area contributed by atoms with Gasteiger partial charge in [-0.05, 0) is 25.0 Å². The van der Waals surface area contributed by atoms with Gasteiger partial charge in [-0.1, -0.05) is 18.2 Å². The van der Waals surface area contributed by atoms with Gasteiger partial charge in [-0.3, -0.25) is 9.59 Å². The molecule has 1 saturated heterocycles. The van der Waals surface area contributed by atoms with Crippen molar-refractivity contribution in [2.75, 3.05) is 18.4 Å². The van der Waals surface area contributed by atoms with Crippen LogP contribution in [0.15, 0.2) is 42.1 Å². The average molecular weight is 299 g/mol. The first-order valence-corrected chi connectivity index (χ1v) is 7.05. The van der Waals surface area contributed by atoms with Gasteiger partial charge in [0.25, 0.3) is 5.91 Å². The number of piperidine rings is 1. The van der Waals surface area contributed by atoms with Crippen LogP contribution in [-0.4, -0.2) is 35.0 Å². The molecule has 6 heteroatoms. The van der Waals surface area contributed by atoms with E-state index in [1.807, 2.05) is 17.0 Å².